The molecule has 0 saturated carbocycles. The van der Waals surface area contributed by atoms with Gasteiger partial charge in [-0.3, -0.25) is 0 Å². The molecule has 0 aliphatic carbocycles. The van der Waals surface area contributed by atoms with Crippen LogP contribution in [0.5, 0.6) is 5.75 Å². The third kappa shape index (κ3) is 5.83. The molecule has 0 heterocycles. The molecule has 1 atom stereocenters. The zero-order chi connectivity index (χ0) is 11.6. The minimum absolute atomic E-state index is 0.550. The first-order valence-electron chi connectivity index (χ1n) is 5.13. The summed E-state index contributed by atoms with van der Waals surface area (Å²) in [7, 11) is -1.59. The van der Waals surface area contributed by atoms with E-state index < -0.39 is 8.53 Å². The molecule has 0 fully saturated rings. The van der Waals surface area contributed by atoms with Crippen LogP contribution < -0.4 is 15.3 Å². The summed E-state index contributed by atoms with van der Waals surface area (Å²) in [5.41, 5.74) is 5.30. The van der Waals surface area contributed by atoms with Gasteiger partial charge in [-0.15, -0.1) is 0 Å². The van der Waals surface area contributed by atoms with Gasteiger partial charge in [0.1, 0.15) is 5.75 Å². The van der Waals surface area contributed by atoms with Gasteiger partial charge in [-0.1, -0.05) is 30.4 Å². The summed E-state index contributed by atoms with van der Waals surface area (Å²) < 4.78 is 5.28. The molecule has 0 bridgehead atoms. The van der Waals surface area contributed by atoms with Gasteiger partial charge in [-0.25, -0.2) is 5.09 Å². The molecule has 16 heavy (non-hydrogen) atoms. The molecule has 0 aliphatic heterocycles. The number of nitrogens with two attached hydrogens (primary N) is 1. The SMILES string of the molecule is NC/C=C\CCNP(O)Oc1ccccc1. The smallest absolute Gasteiger partial charge is 0.315 e. The standard InChI is InChI=1S/C11H17N2O2P/c12-9-5-2-6-10-13-16(14)15-11-7-3-1-4-8-11/h1-5,7-8,13-14H,6,9-10,12H2/b5-2-. The van der Waals surface area contributed by atoms with Crippen molar-refractivity contribution in [1.82, 2.24) is 5.09 Å². The lowest BCUT2D eigenvalue weighted by atomic mass is 10.3. The maximum Gasteiger partial charge on any atom is 0.315 e. The summed E-state index contributed by atoms with van der Waals surface area (Å²) in [6.07, 6.45) is 4.69. The highest BCUT2D eigenvalue weighted by Crippen LogP contribution is 2.28. The molecule has 0 saturated heterocycles. The molecular formula is C11H17N2O2P. The molecule has 1 aromatic rings. The summed E-state index contributed by atoms with van der Waals surface area (Å²) in [5, 5.41) is 2.90. The maximum atomic E-state index is 9.54. The minimum atomic E-state index is -1.59. The summed E-state index contributed by atoms with van der Waals surface area (Å²) in [6.45, 7) is 1.22. The Kier molecular flexibility index (Phi) is 6.77. The molecule has 0 spiro atoms. The van der Waals surface area contributed by atoms with Crippen LogP contribution in [0.2, 0.25) is 0 Å². The van der Waals surface area contributed by atoms with E-state index in [1.807, 2.05) is 42.5 Å². The van der Waals surface area contributed by atoms with E-state index in [0.717, 1.165) is 6.42 Å². The predicted octanol–water partition coefficient (Wildman–Crippen LogP) is 1.78. The molecule has 1 unspecified atom stereocenters. The molecule has 0 amide bonds. The number of hydrogen-bond donors (Lipinski definition) is 3. The van der Waals surface area contributed by atoms with Crippen LogP contribution in [0.15, 0.2) is 42.5 Å². The van der Waals surface area contributed by atoms with Gasteiger partial charge in [0.2, 0.25) is 0 Å². The van der Waals surface area contributed by atoms with Crippen molar-refractivity contribution in [3.05, 3.63) is 42.5 Å². The van der Waals surface area contributed by atoms with Crippen LogP contribution >= 0.6 is 8.53 Å². The van der Waals surface area contributed by atoms with E-state index in [9.17, 15) is 4.89 Å². The van der Waals surface area contributed by atoms with Gasteiger partial charge in [0, 0.05) is 13.1 Å². The Balaban J connectivity index is 2.16. The monoisotopic (exact) mass is 240 g/mol. The van der Waals surface area contributed by atoms with Crippen LogP contribution in [0.4, 0.5) is 0 Å². The minimum Gasteiger partial charge on any atom is -0.436 e. The lowest BCUT2D eigenvalue weighted by molar-refractivity contribution is 0.470. The van der Waals surface area contributed by atoms with Crippen LogP contribution in [0.1, 0.15) is 6.42 Å². The summed E-state index contributed by atoms with van der Waals surface area (Å²) in [5.74, 6) is 0.668. The summed E-state index contributed by atoms with van der Waals surface area (Å²) in [6, 6.07) is 9.24. The van der Waals surface area contributed by atoms with Crippen LogP contribution in [-0.2, 0) is 0 Å². The molecule has 5 heteroatoms. The molecule has 1 rings (SSSR count). The zero-order valence-electron chi connectivity index (χ0n) is 9.04. The number of nitrogens with one attached hydrogen (secondary N) is 1. The predicted molar refractivity (Wildman–Crippen MR) is 67.0 cm³/mol. The van der Waals surface area contributed by atoms with Crippen molar-refractivity contribution in [3.63, 3.8) is 0 Å². The third-order valence-corrected chi connectivity index (χ3v) is 2.67. The first-order valence-corrected chi connectivity index (χ1v) is 6.34. The Morgan fingerprint density at radius 2 is 2.06 bits per heavy atom. The average Bonchev–Trinajstić information content (AvgIpc) is 2.30. The van der Waals surface area contributed by atoms with Gasteiger partial charge in [0.05, 0.1) is 0 Å². The molecule has 4 nitrogen and oxygen atoms in total. The van der Waals surface area contributed by atoms with Crippen LogP contribution in [0.3, 0.4) is 0 Å². The highest BCUT2D eigenvalue weighted by atomic mass is 31.2. The quantitative estimate of drug-likeness (QED) is 0.386. The third-order valence-electron chi connectivity index (χ3n) is 1.80. The number of benzene rings is 1. The van der Waals surface area contributed by atoms with E-state index >= 15 is 0 Å². The van der Waals surface area contributed by atoms with E-state index in [4.69, 9.17) is 10.3 Å². The van der Waals surface area contributed by atoms with Gasteiger partial charge < -0.3 is 15.2 Å². The Labute approximate surface area is 97.1 Å². The van der Waals surface area contributed by atoms with E-state index in [-0.39, 0.29) is 0 Å². The average molecular weight is 240 g/mol. The van der Waals surface area contributed by atoms with Crippen LogP contribution in [-0.4, -0.2) is 18.0 Å². The Morgan fingerprint density at radius 3 is 2.75 bits per heavy atom. The van der Waals surface area contributed by atoms with Crippen molar-refractivity contribution in [3.8, 4) is 5.75 Å². The van der Waals surface area contributed by atoms with Crippen LogP contribution in [0.25, 0.3) is 0 Å². The summed E-state index contributed by atoms with van der Waals surface area (Å²) >= 11 is 0. The first kappa shape index (κ1) is 13.1. The molecule has 4 N–H and O–H groups in total. The van der Waals surface area contributed by atoms with Gasteiger partial charge in [0.25, 0.3) is 0 Å². The lowest BCUT2D eigenvalue weighted by Crippen LogP contribution is -2.11. The first-order chi connectivity index (χ1) is 7.83. The molecular weight excluding hydrogens is 223 g/mol. The second kappa shape index (κ2) is 8.25. The Hall–Kier alpha value is -0.930. The molecule has 1 aromatic carbocycles. The van der Waals surface area contributed by atoms with E-state index in [1.54, 1.807) is 0 Å². The second-order valence-corrected chi connectivity index (χ2v) is 4.13. The molecule has 0 aliphatic rings. The number of rotatable bonds is 7. The highest BCUT2D eigenvalue weighted by Gasteiger charge is 2.04. The van der Waals surface area contributed by atoms with Crippen molar-refractivity contribution < 1.29 is 9.42 Å². The largest absolute Gasteiger partial charge is 0.436 e. The molecule has 88 valence electrons. The van der Waals surface area contributed by atoms with Gasteiger partial charge >= 0.3 is 8.53 Å². The van der Waals surface area contributed by atoms with Gasteiger partial charge in [-0.2, -0.15) is 0 Å². The van der Waals surface area contributed by atoms with Crippen molar-refractivity contribution in [1.29, 1.82) is 0 Å². The zero-order valence-corrected chi connectivity index (χ0v) is 9.94. The van der Waals surface area contributed by atoms with Crippen molar-refractivity contribution >= 4 is 8.53 Å². The number of para-hydroxylation sites is 1. The lowest BCUT2D eigenvalue weighted by Gasteiger charge is -2.11. The van der Waals surface area contributed by atoms with Crippen LogP contribution in [0, 0.1) is 0 Å². The van der Waals surface area contributed by atoms with Gasteiger partial charge in [-0.05, 0) is 18.6 Å². The fourth-order valence-corrected chi connectivity index (χ4v) is 1.78. The second-order valence-electron chi connectivity index (χ2n) is 3.08. The van der Waals surface area contributed by atoms with Crippen molar-refractivity contribution in [2.45, 2.75) is 6.42 Å². The van der Waals surface area contributed by atoms with E-state index in [0.29, 0.717) is 18.8 Å². The molecule has 0 radical (unpaired) electrons. The maximum absolute atomic E-state index is 9.54. The highest BCUT2D eigenvalue weighted by molar-refractivity contribution is 7.44. The molecule has 0 aromatic heterocycles. The Bertz CT molecular complexity index is 306. The topological polar surface area (TPSA) is 67.5 Å². The van der Waals surface area contributed by atoms with Gasteiger partial charge in [0.15, 0.2) is 0 Å². The normalized spacial score (nSPS) is 12.9. The van der Waals surface area contributed by atoms with E-state index in [2.05, 4.69) is 5.09 Å². The fourth-order valence-electron chi connectivity index (χ4n) is 1.07. The Morgan fingerprint density at radius 1 is 1.31 bits per heavy atom. The fraction of sp³-hybridized carbons (Fsp3) is 0.273. The number of hydrogen-bond acceptors (Lipinski definition) is 4. The van der Waals surface area contributed by atoms with E-state index in [1.165, 1.54) is 0 Å². The van der Waals surface area contributed by atoms with Crippen molar-refractivity contribution in [2.75, 3.05) is 13.1 Å². The van der Waals surface area contributed by atoms with Crippen molar-refractivity contribution in [2.24, 2.45) is 5.73 Å². The summed E-state index contributed by atoms with van der Waals surface area (Å²) in [4.78, 5) is 9.54.